The van der Waals surface area contributed by atoms with Gasteiger partial charge in [-0.3, -0.25) is 14.4 Å². The van der Waals surface area contributed by atoms with Gasteiger partial charge in [0.25, 0.3) is 0 Å². The van der Waals surface area contributed by atoms with Crippen LogP contribution in [0.25, 0.3) is 0 Å². The van der Waals surface area contributed by atoms with E-state index in [0.29, 0.717) is 31.2 Å². The maximum absolute atomic E-state index is 12.8. The second kappa shape index (κ2) is 24.2. The Bertz CT molecular complexity index is 1030. The Hall–Kier alpha value is -2.15. The molecule has 7 nitrogen and oxygen atoms in total. The minimum Gasteiger partial charge on any atom is -0.465 e. The molecule has 0 N–H and O–H groups in total. The van der Waals surface area contributed by atoms with Gasteiger partial charge in [0, 0.05) is 19.4 Å². The topological polar surface area (TPSA) is 82.1 Å². The summed E-state index contributed by atoms with van der Waals surface area (Å²) in [5, 5.41) is 0. The van der Waals surface area contributed by atoms with Gasteiger partial charge in [0.1, 0.15) is 19.8 Å². The Morgan fingerprint density at radius 3 is 1.69 bits per heavy atom. The van der Waals surface area contributed by atoms with Gasteiger partial charge in [0.05, 0.1) is 12.3 Å². The van der Waals surface area contributed by atoms with Crippen molar-refractivity contribution in [1.82, 2.24) is 4.90 Å². The fourth-order valence-electron chi connectivity index (χ4n) is 9.71. The van der Waals surface area contributed by atoms with E-state index < -0.39 is 0 Å². The van der Waals surface area contributed by atoms with Gasteiger partial charge >= 0.3 is 17.9 Å². The third-order valence-electron chi connectivity index (χ3n) is 12.1. The molecule has 290 valence electrons. The summed E-state index contributed by atoms with van der Waals surface area (Å²) >= 11 is 0. The van der Waals surface area contributed by atoms with Gasteiger partial charge in [-0.25, -0.2) is 0 Å². The summed E-state index contributed by atoms with van der Waals surface area (Å²) in [7, 11) is 0. The number of esters is 3. The van der Waals surface area contributed by atoms with Crippen LogP contribution in [-0.2, 0) is 28.6 Å². The molecule has 5 rings (SSSR count). The van der Waals surface area contributed by atoms with Crippen molar-refractivity contribution in [2.24, 2.45) is 29.1 Å². The summed E-state index contributed by atoms with van der Waals surface area (Å²) in [4.78, 5) is 40.1. The van der Waals surface area contributed by atoms with Crippen molar-refractivity contribution in [3.63, 3.8) is 0 Å². The quantitative estimate of drug-likeness (QED) is 0.0346. The highest BCUT2D eigenvalue weighted by molar-refractivity contribution is 5.70. The molecule has 5 aliphatic rings. The fourth-order valence-corrected chi connectivity index (χ4v) is 9.71. The predicted octanol–water partition coefficient (Wildman–Crippen LogP) is 10.3. The van der Waals surface area contributed by atoms with Gasteiger partial charge in [-0.05, 0) is 139 Å². The van der Waals surface area contributed by atoms with Crippen molar-refractivity contribution < 1.29 is 28.6 Å². The number of hydrogen-bond acceptors (Lipinski definition) is 7. The van der Waals surface area contributed by atoms with Crippen LogP contribution in [0.3, 0.4) is 0 Å². The maximum Gasteiger partial charge on any atom is 0.307 e. The van der Waals surface area contributed by atoms with Crippen molar-refractivity contribution in [2.45, 2.75) is 167 Å². The minimum absolute atomic E-state index is 0.0948. The molecule has 4 saturated carbocycles. The summed E-state index contributed by atoms with van der Waals surface area (Å²) in [6, 6.07) is 0. The molecule has 1 saturated heterocycles. The highest BCUT2D eigenvalue weighted by atomic mass is 16.6. The standard InChI is InChI=1S/C44H73NO6/c1-2-3-4-5-6-7-8-9-10-11-12-13-14-15-16-17-21-41(46)49-34-40(36-51-43(48)23-27-45-25-18-19-26-45)35-50-42(47)22-20-24-44-31-37-28-38(32-44)30-39(29-37)33-44/h6-7,9-10,37-40H,2-5,8,11-36H2,1H3/b7-6-,10-9-. The van der Waals surface area contributed by atoms with E-state index in [1.54, 1.807) is 0 Å². The molecule has 0 aromatic heterocycles. The van der Waals surface area contributed by atoms with E-state index in [0.717, 1.165) is 75.8 Å². The number of allylic oxidation sites excluding steroid dienone is 4. The SMILES string of the molecule is CCCCC/C=C\C/C=C\CCCCCCCCC(=O)OCC(COC(=O)CCCC12CC3CC(CC(C3)C1)C2)COC(=O)CCN1CCCC1. The molecule has 0 spiro atoms. The average molecular weight is 712 g/mol. The lowest BCUT2D eigenvalue weighted by atomic mass is 9.48. The third kappa shape index (κ3) is 17.0. The first-order valence-electron chi connectivity index (χ1n) is 21.4. The number of likely N-dealkylation sites (tertiary alicyclic amines) is 1. The average Bonchev–Trinajstić information content (AvgIpc) is 3.63. The molecule has 1 aliphatic heterocycles. The molecule has 0 amide bonds. The van der Waals surface area contributed by atoms with Crippen molar-refractivity contribution >= 4 is 17.9 Å². The van der Waals surface area contributed by atoms with Crippen LogP contribution in [0.15, 0.2) is 24.3 Å². The Morgan fingerprint density at radius 1 is 0.627 bits per heavy atom. The number of rotatable bonds is 28. The third-order valence-corrected chi connectivity index (χ3v) is 12.1. The Labute approximate surface area is 311 Å². The molecule has 51 heavy (non-hydrogen) atoms. The van der Waals surface area contributed by atoms with E-state index in [2.05, 4.69) is 36.1 Å². The van der Waals surface area contributed by atoms with Crippen LogP contribution >= 0.6 is 0 Å². The summed E-state index contributed by atoms with van der Waals surface area (Å²) < 4.78 is 16.9. The van der Waals surface area contributed by atoms with Gasteiger partial charge < -0.3 is 19.1 Å². The summed E-state index contributed by atoms with van der Waals surface area (Å²) in [5.74, 6) is 1.73. The van der Waals surface area contributed by atoms with Crippen LogP contribution in [0.5, 0.6) is 0 Å². The summed E-state index contributed by atoms with van der Waals surface area (Å²) in [5.41, 5.74) is 0.469. The van der Waals surface area contributed by atoms with E-state index in [1.807, 2.05) is 0 Å². The number of unbranched alkanes of at least 4 members (excludes halogenated alkanes) is 9. The van der Waals surface area contributed by atoms with Crippen molar-refractivity contribution in [1.29, 1.82) is 0 Å². The van der Waals surface area contributed by atoms with Crippen molar-refractivity contribution in [3.05, 3.63) is 24.3 Å². The van der Waals surface area contributed by atoms with Crippen LogP contribution in [-0.4, -0.2) is 62.3 Å². The van der Waals surface area contributed by atoms with E-state index in [-0.39, 0.29) is 43.6 Å². The van der Waals surface area contributed by atoms with E-state index in [9.17, 15) is 14.4 Å². The first-order valence-corrected chi connectivity index (χ1v) is 21.4. The number of carbonyl (C=O) groups is 3. The largest absolute Gasteiger partial charge is 0.465 e. The zero-order valence-corrected chi connectivity index (χ0v) is 32.4. The Kier molecular flexibility index (Phi) is 19.8. The van der Waals surface area contributed by atoms with Gasteiger partial charge in [-0.1, -0.05) is 69.8 Å². The first-order chi connectivity index (χ1) is 24.9. The fraction of sp³-hybridized carbons (Fsp3) is 0.841. The lowest BCUT2D eigenvalue weighted by Crippen LogP contribution is -2.45. The molecule has 0 radical (unpaired) electrons. The molecule has 4 bridgehead atoms. The van der Waals surface area contributed by atoms with E-state index in [1.165, 1.54) is 96.3 Å². The molecule has 5 fully saturated rings. The molecular formula is C44H73NO6. The van der Waals surface area contributed by atoms with Gasteiger partial charge in [0.2, 0.25) is 0 Å². The van der Waals surface area contributed by atoms with Gasteiger partial charge in [-0.15, -0.1) is 0 Å². The second-order valence-electron chi connectivity index (χ2n) is 16.8. The van der Waals surface area contributed by atoms with Crippen LogP contribution in [0, 0.1) is 29.1 Å². The molecular weight excluding hydrogens is 638 g/mol. The molecule has 0 aromatic rings. The summed E-state index contributed by atoms with van der Waals surface area (Å²) in [6.45, 7) is 5.34. The predicted molar refractivity (Wildman–Crippen MR) is 205 cm³/mol. The Balaban J connectivity index is 1.05. The number of ether oxygens (including phenoxy) is 3. The Morgan fingerprint density at radius 2 is 1.12 bits per heavy atom. The number of nitrogens with zero attached hydrogens (tertiary/aromatic N) is 1. The zero-order valence-electron chi connectivity index (χ0n) is 32.4. The number of carbonyl (C=O) groups excluding carboxylic acids is 3. The normalized spacial score (nSPS) is 24.8. The zero-order chi connectivity index (χ0) is 36.0. The molecule has 7 heteroatoms. The monoisotopic (exact) mass is 712 g/mol. The van der Waals surface area contributed by atoms with E-state index in [4.69, 9.17) is 14.2 Å². The molecule has 1 unspecified atom stereocenters. The second-order valence-corrected chi connectivity index (χ2v) is 16.8. The van der Waals surface area contributed by atoms with Crippen LogP contribution in [0.4, 0.5) is 0 Å². The van der Waals surface area contributed by atoms with Crippen molar-refractivity contribution in [3.8, 4) is 0 Å². The van der Waals surface area contributed by atoms with E-state index >= 15 is 0 Å². The van der Waals surface area contributed by atoms with Crippen LogP contribution < -0.4 is 0 Å². The maximum atomic E-state index is 12.8. The van der Waals surface area contributed by atoms with Crippen molar-refractivity contribution in [2.75, 3.05) is 39.5 Å². The lowest BCUT2D eigenvalue weighted by molar-refractivity contribution is -0.153. The molecule has 1 heterocycles. The molecule has 0 aromatic carbocycles. The van der Waals surface area contributed by atoms with Crippen LogP contribution in [0.2, 0.25) is 0 Å². The first kappa shape index (κ1) is 41.6. The highest BCUT2D eigenvalue weighted by Crippen LogP contribution is 2.61. The number of hydrogen-bond donors (Lipinski definition) is 0. The van der Waals surface area contributed by atoms with Crippen LogP contribution in [0.1, 0.15) is 167 Å². The molecule has 4 aliphatic carbocycles. The molecule has 1 atom stereocenters. The van der Waals surface area contributed by atoms with Gasteiger partial charge in [-0.2, -0.15) is 0 Å². The minimum atomic E-state index is -0.354. The summed E-state index contributed by atoms with van der Waals surface area (Å²) in [6.07, 6.45) is 37.0. The smallest absolute Gasteiger partial charge is 0.307 e. The van der Waals surface area contributed by atoms with Gasteiger partial charge in [0.15, 0.2) is 0 Å². The highest BCUT2D eigenvalue weighted by Gasteiger charge is 2.50. The lowest BCUT2D eigenvalue weighted by Gasteiger charge is -2.57.